The minimum absolute atomic E-state index is 0.0695. The van der Waals surface area contributed by atoms with Gasteiger partial charge in [0.25, 0.3) is 5.91 Å². The molecule has 7 heteroatoms. The number of aromatic nitrogens is 2. The molecule has 144 valence electrons. The van der Waals surface area contributed by atoms with Gasteiger partial charge in [0.1, 0.15) is 18.0 Å². The first kappa shape index (κ1) is 18.4. The number of anilines is 2. The van der Waals surface area contributed by atoms with Gasteiger partial charge in [0.05, 0.1) is 0 Å². The number of nitrogens with one attached hydrogen (secondary N) is 2. The Kier molecular flexibility index (Phi) is 5.82. The fourth-order valence-electron chi connectivity index (χ4n) is 3.26. The van der Waals surface area contributed by atoms with Crippen LogP contribution in [0.5, 0.6) is 0 Å². The molecule has 0 atom stereocenters. The van der Waals surface area contributed by atoms with Crippen molar-refractivity contribution in [2.75, 3.05) is 36.4 Å². The molecule has 1 aliphatic heterocycles. The number of hydrogen-bond acceptors (Lipinski definition) is 6. The lowest BCUT2D eigenvalue weighted by Gasteiger charge is -2.16. The van der Waals surface area contributed by atoms with Gasteiger partial charge in [-0.15, -0.1) is 11.3 Å². The molecule has 6 nitrogen and oxygen atoms in total. The van der Waals surface area contributed by atoms with Gasteiger partial charge in [0.2, 0.25) is 0 Å². The van der Waals surface area contributed by atoms with Gasteiger partial charge in [0.15, 0.2) is 0 Å². The van der Waals surface area contributed by atoms with Crippen molar-refractivity contribution in [1.29, 1.82) is 0 Å². The Morgan fingerprint density at radius 1 is 1.07 bits per heavy atom. The molecule has 0 radical (unpaired) electrons. The van der Waals surface area contributed by atoms with Gasteiger partial charge in [-0.3, -0.25) is 4.79 Å². The lowest BCUT2D eigenvalue weighted by atomic mass is 10.1. The number of thiophene rings is 1. The monoisotopic (exact) mass is 393 g/mol. The summed E-state index contributed by atoms with van der Waals surface area (Å²) in [7, 11) is 0. The van der Waals surface area contributed by atoms with E-state index in [9.17, 15) is 4.79 Å². The molecule has 0 unspecified atom stereocenters. The van der Waals surface area contributed by atoms with Crippen LogP contribution in [0.3, 0.4) is 0 Å². The second-order valence-corrected chi connectivity index (χ2v) is 7.64. The van der Waals surface area contributed by atoms with Gasteiger partial charge in [-0.1, -0.05) is 18.2 Å². The van der Waals surface area contributed by atoms with E-state index in [-0.39, 0.29) is 5.91 Å². The third kappa shape index (κ3) is 4.48. The van der Waals surface area contributed by atoms with E-state index in [1.54, 1.807) is 17.7 Å². The first-order chi connectivity index (χ1) is 13.8. The van der Waals surface area contributed by atoms with E-state index in [1.165, 1.54) is 17.7 Å². The summed E-state index contributed by atoms with van der Waals surface area (Å²) in [5, 5.41) is 8.24. The maximum atomic E-state index is 12.3. The van der Waals surface area contributed by atoms with E-state index in [0.29, 0.717) is 18.7 Å². The van der Waals surface area contributed by atoms with E-state index in [2.05, 4.69) is 36.9 Å². The molecule has 0 saturated carbocycles. The van der Waals surface area contributed by atoms with E-state index >= 15 is 0 Å². The second kappa shape index (κ2) is 8.84. The van der Waals surface area contributed by atoms with Crippen LogP contribution in [0.15, 0.2) is 54.2 Å². The van der Waals surface area contributed by atoms with Gasteiger partial charge >= 0.3 is 0 Å². The number of rotatable bonds is 7. The highest BCUT2D eigenvalue weighted by Gasteiger charge is 2.14. The third-order valence-corrected chi connectivity index (χ3v) is 5.67. The smallest absolute Gasteiger partial charge is 0.251 e. The highest BCUT2D eigenvalue weighted by Crippen LogP contribution is 2.24. The molecule has 0 bridgehead atoms. The topological polar surface area (TPSA) is 70.2 Å². The number of hydrogen-bond donors (Lipinski definition) is 2. The zero-order chi connectivity index (χ0) is 19.2. The lowest BCUT2D eigenvalue weighted by molar-refractivity contribution is 0.0955. The molecule has 3 aromatic rings. The molecular formula is C21H23N5OS. The second-order valence-electron chi connectivity index (χ2n) is 6.69. The van der Waals surface area contributed by atoms with Crippen LogP contribution in [-0.4, -0.2) is 42.1 Å². The normalized spacial score (nSPS) is 13.5. The van der Waals surface area contributed by atoms with Crippen LogP contribution in [0.1, 0.15) is 23.2 Å². The Morgan fingerprint density at radius 3 is 2.64 bits per heavy atom. The summed E-state index contributed by atoms with van der Waals surface area (Å²) >= 11 is 1.69. The zero-order valence-corrected chi connectivity index (χ0v) is 16.4. The van der Waals surface area contributed by atoms with Gasteiger partial charge in [0, 0.05) is 42.7 Å². The Morgan fingerprint density at radius 2 is 1.89 bits per heavy atom. The fourth-order valence-corrected chi connectivity index (χ4v) is 3.99. The Balaban J connectivity index is 1.25. The first-order valence-electron chi connectivity index (χ1n) is 9.52. The molecule has 2 N–H and O–H groups in total. The average Bonchev–Trinajstić information content (AvgIpc) is 3.46. The summed E-state index contributed by atoms with van der Waals surface area (Å²) in [6.45, 7) is 3.24. The maximum absolute atomic E-state index is 12.3. The molecule has 4 rings (SSSR count). The molecule has 0 aliphatic carbocycles. The fraction of sp³-hybridized carbons (Fsp3) is 0.286. The molecule has 2 aromatic heterocycles. The Hall–Kier alpha value is -2.93. The van der Waals surface area contributed by atoms with Crippen LogP contribution < -0.4 is 15.5 Å². The molecule has 1 saturated heterocycles. The summed E-state index contributed by atoms with van der Waals surface area (Å²) in [6.07, 6.45) is 4.02. The maximum Gasteiger partial charge on any atom is 0.251 e. The minimum atomic E-state index is -0.0695. The summed E-state index contributed by atoms with van der Waals surface area (Å²) in [6, 6.07) is 13.8. The summed E-state index contributed by atoms with van der Waals surface area (Å²) in [4.78, 5) is 24.4. The molecule has 3 heterocycles. The molecule has 1 aromatic carbocycles. The molecule has 1 amide bonds. The number of nitrogens with zero attached hydrogens (tertiary/aromatic N) is 3. The van der Waals surface area contributed by atoms with Crippen LogP contribution in [-0.2, 0) is 0 Å². The molecule has 28 heavy (non-hydrogen) atoms. The number of benzene rings is 1. The zero-order valence-electron chi connectivity index (χ0n) is 15.6. The minimum Gasteiger partial charge on any atom is -0.368 e. The highest BCUT2D eigenvalue weighted by atomic mass is 32.1. The van der Waals surface area contributed by atoms with Crippen molar-refractivity contribution in [1.82, 2.24) is 15.3 Å². The largest absolute Gasteiger partial charge is 0.368 e. The van der Waals surface area contributed by atoms with Gasteiger partial charge in [-0.25, -0.2) is 9.97 Å². The van der Waals surface area contributed by atoms with Crippen LogP contribution in [0, 0.1) is 0 Å². The Bertz CT molecular complexity index is 905. The predicted molar refractivity (Wildman–Crippen MR) is 114 cm³/mol. The first-order valence-corrected chi connectivity index (χ1v) is 10.4. The van der Waals surface area contributed by atoms with E-state index in [1.807, 2.05) is 36.4 Å². The van der Waals surface area contributed by atoms with Gasteiger partial charge in [-0.05, 0) is 42.0 Å². The van der Waals surface area contributed by atoms with Crippen molar-refractivity contribution in [3.8, 4) is 10.4 Å². The standard InChI is InChI=1S/C21H23N5OS/c27-21(17-7-5-16(6-8-17)18-4-3-13-28-18)23-10-9-22-19-14-20(25-15-24-19)26-11-1-2-12-26/h3-8,13-15H,1-2,9-12H2,(H,23,27)(H,22,24,25). The molecule has 1 fully saturated rings. The van der Waals surface area contributed by atoms with Crippen LogP contribution >= 0.6 is 11.3 Å². The summed E-state index contributed by atoms with van der Waals surface area (Å²) in [5.41, 5.74) is 1.80. The average molecular weight is 394 g/mol. The molecular weight excluding hydrogens is 370 g/mol. The summed E-state index contributed by atoms with van der Waals surface area (Å²) in [5.74, 6) is 1.68. The van der Waals surface area contributed by atoms with Crippen molar-refractivity contribution in [3.05, 3.63) is 59.7 Å². The van der Waals surface area contributed by atoms with E-state index < -0.39 is 0 Å². The van der Waals surface area contributed by atoms with Crippen molar-refractivity contribution in [2.24, 2.45) is 0 Å². The van der Waals surface area contributed by atoms with Crippen LogP contribution in [0.4, 0.5) is 11.6 Å². The third-order valence-electron chi connectivity index (χ3n) is 4.75. The van der Waals surface area contributed by atoms with Crippen molar-refractivity contribution < 1.29 is 4.79 Å². The number of carbonyl (C=O) groups is 1. The Labute approximate surface area is 168 Å². The van der Waals surface area contributed by atoms with Crippen molar-refractivity contribution in [3.63, 3.8) is 0 Å². The van der Waals surface area contributed by atoms with Crippen molar-refractivity contribution >= 4 is 28.9 Å². The molecule has 0 spiro atoms. The predicted octanol–water partition coefficient (Wildman–Crippen LogP) is 3.65. The van der Waals surface area contributed by atoms with Crippen LogP contribution in [0.25, 0.3) is 10.4 Å². The summed E-state index contributed by atoms with van der Waals surface area (Å²) < 4.78 is 0. The number of carbonyl (C=O) groups excluding carboxylic acids is 1. The lowest BCUT2D eigenvalue weighted by Crippen LogP contribution is -2.29. The van der Waals surface area contributed by atoms with Gasteiger partial charge in [-0.2, -0.15) is 0 Å². The number of amides is 1. The molecule has 1 aliphatic rings. The van der Waals surface area contributed by atoms with Crippen LogP contribution in [0.2, 0.25) is 0 Å². The van der Waals surface area contributed by atoms with E-state index in [4.69, 9.17) is 0 Å². The highest BCUT2D eigenvalue weighted by molar-refractivity contribution is 7.13. The van der Waals surface area contributed by atoms with Crippen molar-refractivity contribution in [2.45, 2.75) is 12.8 Å². The van der Waals surface area contributed by atoms with E-state index in [0.717, 1.165) is 30.3 Å². The quantitative estimate of drug-likeness (QED) is 0.600. The SMILES string of the molecule is O=C(NCCNc1cc(N2CCCC2)ncn1)c1ccc(-c2cccs2)cc1. The van der Waals surface area contributed by atoms with Gasteiger partial charge < -0.3 is 15.5 Å².